The van der Waals surface area contributed by atoms with Crippen molar-refractivity contribution in [2.45, 2.75) is 19.5 Å². The van der Waals surface area contributed by atoms with Gasteiger partial charge in [-0.3, -0.25) is 4.79 Å². The zero-order valence-corrected chi connectivity index (χ0v) is 9.91. The normalized spacial score (nSPS) is 12.6. The van der Waals surface area contributed by atoms with Gasteiger partial charge < -0.3 is 10.3 Å². The molecule has 0 aromatic carbocycles. The molecule has 0 fully saturated rings. The first-order valence-electron chi connectivity index (χ1n) is 5.22. The summed E-state index contributed by atoms with van der Waals surface area (Å²) < 4.78 is 1.67. The van der Waals surface area contributed by atoms with Crippen LogP contribution in [0.2, 0.25) is 0 Å². The molecule has 3 nitrogen and oxygen atoms in total. The molecule has 84 valence electrons. The standard InChI is InChI=1S/C12H14N2OS/c1-2-14-7-3-5-9(12(14)15)11(13)10-6-4-8-16-10/h3-8,11H,2,13H2,1H3. The van der Waals surface area contributed by atoms with E-state index in [0.29, 0.717) is 12.1 Å². The van der Waals surface area contributed by atoms with Crippen molar-refractivity contribution >= 4 is 11.3 Å². The van der Waals surface area contributed by atoms with E-state index in [2.05, 4.69) is 0 Å². The van der Waals surface area contributed by atoms with E-state index in [-0.39, 0.29) is 11.6 Å². The van der Waals surface area contributed by atoms with Crippen LogP contribution < -0.4 is 11.3 Å². The van der Waals surface area contributed by atoms with Gasteiger partial charge in [0, 0.05) is 23.2 Å². The molecule has 0 spiro atoms. The number of hydrogen-bond acceptors (Lipinski definition) is 3. The summed E-state index contributed by atoms with van der Waals surface area (Å²) in [6.07, 6.45) is 1.78. The monoisotopic (exact) mass is 234 g/mol. The summed E-state index contributed by atoms with van der Waals surface area (Å²) in [6.45, 7) is 2.62. The molecular weight excluding hydrogens is 220 g/mol. The van der Waals surface area contributed by atoms with Gasteiger partial charge in [0.25, 0.3) is 5.56 Å². The molecule has 2 aromatic heterocycles. The highest BCUT2D eigenvalue weighted by atomic mass is 32.1. The summed E-state index contributed by atoms with van der Waals surface area (Å²) in [5.74, 6) is 0. The van der Waals surface area contributed by atoms with Crippen LogP contribution in [-0.2, 0) is 6.54 Å². The summed E-state index contributed by atoms with van der Waals surface area (Å²) in [7, 11) is 0. The molecule has 2 N–H and O–H groups in total. The summed E-state index contributed by atoms with van der Waals surface area (Å²) in [5, 5.41) is 1.97. The number of nitrogens with zero attached hydrogens (tertiary/aromatic N) is 1. The van der Waals surface area contributed by atoms with E-state index in [1.54, 1.807) is 28.2 Å². The van der Waals surface area contributed by atoms with E-state index in [1.165, 1.54) is 0 Å². The summed E-state index contributed by atoms with van der Waals surface area (Å²) >= 11 is 1.57. The van der Waals surface area contributed by atoms with E-state index in [0.717, 1.165) is 4.88 Å². The fourth-order valence-corrected chi connectivity index (χ4v) is 2.41. The van der Waals surface area contributed by atoms with Crippen molar-refractivity contribution in [3.63, 3.8) is 0 Å². The number of thiophene rings is 1. The van der Waals surface area contributed by atoms with Crippen LogP contribution in [0.1, 0.15) is 23.4 Å². The number of hydrogen-bond donors (Lipinski definition) is 1. The molecule has 1 unspecified atom stereocenters. The van der Waals surface area contributed by atoms with Gasteiger partial charge in [-0.25, -0.2) is 0 Å². The zero-order chi connectivity index (χ0) is 11.5. The van der Waals surface area contributed by atoms with E-state index in [9.17, 15) is 4.79 Å². The molecule has 0 aliphatic carbocycles. The van der Waals surface area contributed by atoms with Crippen molar-refractivity contribution in [1.29, 1.82) is 0 Å². The molecule has 16 heavy (non-hydrogen) atoms. The third kappa shape index (κ3) is 1.94. The second kappa shape index (κ2) is 4.63. The maximum Gasteiger partial charge on any atom is 0.255 e. The molecule has 0 aliphatic rings. The van der Waals surface area contributed by atoms with Gasteiger partial charge in [0.1, 0.15) is 0 Å². The van der Waals surface area contributed by atoms with Crippen molar-refractivity contribution in [1.82, 2.24) is 4.57 Å². The Morgan fingerprint density at radius 3 is 2.88 bits per heavy atom. The lowest BCUT2D eigenvalue weighted by Gasteiger charge is -2.11. The average Bonchev–Trinajstić information content (AvgIpc) is 2.82. The van der Waals surface area contributed by atoms with Gasteiger partial charge >= 0.3 is 0 Å². The van der Waals surface area contributed by atoms with Crippen molar-refractivity contribution in [2.24, 2.45) is 5.73 Å². The third-order valence-electron chi connectivity index (χ3n) is 2.58. The SMILES string of the molecule is CCn1cccc(C(N)c2cccs2)c1=O. The second-order valence-corrected chi connectivity index (χ2v) is 4.53. The van der Waals surface area contributed by atoms with Gasteiger partial charge in [-0.05, 0) is 24.4 Å². The Labute approximate surface area is 98.2 Å². The van der Waals surface area contributed by atoms with E-state index < -0.39 is 0 Å². The lowest BCUT2D eigenvalue weighted by atomic mass is 10.1. The quantitative estimate of drug-likeness (QED) is 0.882. The van der Waals surface area contributed by atoms with Gasteiger partial charge in [-0.2, -0.15) is 0 Å². The lowest BCUT2D eigenvalue weighted by molar-refractivity contribution is 0.703. The molecule has 0 radical (unpaired) electrons. The summed E-state index contributed by atoms with van der Waals surface area (Å²) in [5.41, 5.74) is 6.75. The molecule has 4 heteroatoms. The van der Waals surface area contributed by atoms with Gasteiger partial charge in [0.15, 0.2) is 0 Å². The van der Waals surface area contributed by atoms with Gasteiger partial charge in [-0.1, -0.05) is 12.1 Å². The fourth-order valence-electron chi connectivity index (χ4n) is 1.66. The summed E-state index contributed by atoms with van der Waals surface area (Å²) in [6, 6.07) is 7.26. The van der Waals surface area contributed by atoms with E-state index >= 15 is 0 Å². The first kappa shape index (κ1) is 11.1. The number of rotatable bonds is 3. The van der Waals surface area contributed by atoms with E-state index in [1.807, 2.05) is 30.5 Å². The van der Waals surface area contributed by atoms with Crippen LogP contribution in [0, 0.1) is 0 Å². The lowest BCUT2D eigenvalue weighted by Crippen LogP contribution is -2.27. The van der Waals surface area contributed by atoms with Crippen LogP contribution in [0.25, 0.3) is 0 Å². The molecule has 2 aromatic rings. The van der Waals surface area contributed by atoms with Gasteiger partial charge in [-0.15, -0.1) is 11.3 Å². The Balaban J connectivity index is 2.45. The molecule has 0 bridgehead atoms. The van der Waals surface area contributed by atoms with Crippen LogP contribution in [0.4, 0.5) is 0 Å². The van der Waals surface area contributed by atoms with Crippen LogP contribution in [0.15, 0.2) is 40.6 Å². The first-order chi connectivity index (χ1) is 7.74. The van der Waals surface area contributed by atoms with Crippen molar-refractivity contribution in [3.8, 4) is 0 Å². The minimum Gasteiger partial charge on any atom is -0.319 e. The topological polar surface area (TPSA) is 48.0 Å². The van der Waals surface area contributed by atoms with Crippen molar-refractivity contribution < 1.29 is 0 Å². The molecule has 2 rings (SSSR count). The molecule has 0 saturated heterocycles. The molecule has 1 atom stereocenters. The van der Waals surface area contributed by atoms with Crippen LogP contribution in [0.3, 0.4) is 0 Å². The largest absolute Gasteiger partial charge is 0.319 e. The number of nitrogens with two attached hydrogens (primary N) is 1. The van der Waals surface area contributed by atoms with Gasteiger partial charge in [0.2, 0.25) is 0 Å². The zero-order valence-electron chi connectivity index (χ0n) is 9.09. The van der Waals surface area contributed by atoms with Crippen LogP contribution in [-0.4, -0.2) is 4.57 Å². The summed E-state index contributed by atoms with van der Waals surface area (Å²) in [4.78, 5) is 13.0. The Morgan fingerprint density at radius 1 is 1.44 bits per heavy atom. The first-order valence-corrected chi connectivity index (χ1v) is 6.10. The van der Waals surface area contributed by atoms with Crippen molar-refractivity contribution in [3.05, 3.63) is 56.6 Å². The molecule has 0 amide bonds. The third-order valence-corrected chi connectivity index (χ3v) is 3.53. The predicted octanol–water partition coefficient (Wildman–Crippen LogP) is 1.98. The highest BCUT2D eigenvalue weighted by molar-refractivity contribution is 7.10. The minimum absolute atomic E-state index is 0.00546. The Kier molecular flexibility index (Phi) is 3.22. The maximum absolute atomic E-state index is 12.0. The predicted molar refractivity (Wildman–Crippen MR) is 66.7 cm³/mol. The number of aryl methyl sites for hydroxylation is 1. The highest BCUT2D eigenvalue weighted by Crippen LogP contribution is 2.21. The smallest absolute Gasteiger partial charge is 0.255 e. The van der Waals surface area contributed by atoms with Crippen LogP contribution >= 0.6 is 11.3 Å². The number of aromatic nitrogens is 1. The fraction of sp³-hybridized carbons (Fsp3) is 0.250. The molecule has 2 heterocycles. The number of pyridine rings is 1. The van der Waals surface area contributed by atoms with Crippen LogP contribution in [0.5, 0.6) is 0 Å². The minimum atomic E-state index is -0.313. The molecular formula is C12H14N2OS. The van der Waals surface area contributed by atoms with Gasteiger partial charge in [0.05, 0.1) is 6.04 Å². The maximum atomic E-state index is 12.0. The molecule has 0 aliphatic heterocycles. The van der Waals surface area contributed by atoms with Crippen molar-refractivity contribution in [2.75, 3.05) is 0 Å². The van der Waals surface area contributed by atoms with E-state index in [4.69, 9.17) is 5.73 Å². The highest BCUT2D eigenvalue weighted by Gasteiger charge is 2.14. The Bertz CT molecular complexity index is 516. The Morgan fingerprint density at radius 2 is 2.25 bits per heavy atom. The molecule has 0 saturated carbocycles. The Hall–Kier alpha value is -1.39. The second-order valence-electron chi connectivity index (χ2n) is 3.55. The average molecular weight is 234 g/mol.